The van der Waals surface area contributed by atoms with Crippen molar-refractivity contribution in [3.05, 3.63) is 0 Å². The van der Waals surface area contributed by atoms with Crippen molar-refractivity contribution in [1.82, 2.24) is 0 Å². The molecular formula is C31H63IO6. The van der Waals surface area contributed by atoms with Gasteiger partial charge in [-0.15, -0.1) is 0 Å². The first-order valence-corrected chi connectivity index (χ1v) is 17.5. The van der Waals surface area contributed by atoms with Crippen molar-refractivity contribution in [2.75, 3.05) is 83.7 Å². The molecule has 230 valence electrons. The van der Waals surface area contributed by atoms with Crippen LogP contribution in [0.1, 0.15) is 116 Å². The van der Waals surface area contributed by atoms with E-state index < -0.39 is 0 Å². The van der Waals surface area contributed by atoms with Crippen LogP contribution in [0.4, 0.5) is 0 Å². The maximum atomic E-state index is 5.66. The van der Waals surface area contributed by atoms with Gasteiger partial charge in [-0.05, 0) is 23.7 Å². The highest BCUT2D eigenvalue weighted by molar-refractivity contribution is 14.1. The molecule has 0 bridgehead atoms. The van der Waals surface area contributed by atoms with Crippen molar-refractivity contribution in [3.8, 4) is 0 Å². The second kappa shape index (κ2) is 37.5. The first-order chi connectivity index (χ1) is 18.9. The number of unbranched alkanes of at least 4 members (excludes halogenated alkanes) is 15. The van der Waals surface area contributed by atoms with Gasteiger partial charge in [-0.3, -0.25) is 0 Å². The summed E-state index contributed by atoms with van der Waals surface area (Å²) < 4.78 is 34.6. The third-order valence-electron chi connectivity index (χ3n) is 6.42. The van der Waals surface area contributed by atoms with Gasteiger partial charge in [-0.1, -0.05) is 119 Å². The van der Waals surface area contributed by atoms with Crippen LogP contribution in [0, 0.1) is 0 Å². The minimum atomic E-state index is 0.583. The van der Waals surface area contributed by atoms with E-state index in [9.17, 15) is 0 Å². The molecule has 7 heteroatoms. The zero-order valence-corrected chi connectivity index (χ0v) is 27.2. The molecule has 0 fully saturated rings. The molecule has 0 aliphatic heterocycles. The van der Waals surface area contributed by atoms with E-state index in [-0.39, 0.29) is 0 Å². The molecule has 38 heavy (non-hydrogen) atoms. The fourth-order valence-electron chi connectivity index (χ4n) is 4.08. The number of halogens is 1. The molecule has 0 aromatic heterocycles. The topological polar surface area (TPSA) is 55.4 Å². The van der Waals surface area contributed by atoms with Gasteiger partial charge in [0.1, 0.15) is 0 Å². The molecule has 0 rings (SSSR count). The van der Waals surface area contributed by atoms with Crippen molar-refractivity contribution < 1.29 is 28.4 Å². The second-order valence-corrected chi connectivity index (χ2v) is 11.1. The Bertz CT molecular complexity index is 367. The summed E-state index contributed by atoms with van der Waals surface area (Å²) in [6.07, 6.45) is 23.0. The summed E-state index contributed by atoms with van der Waals surface area (Å²) in [6, 6.07) is 0. The standard InChI is InChI=1S/C31H63IO6/c1-2-3-4-5-6-7-8-9-10-11-12-14-17-20-33-22-24-35-26-28-37-30-31-38-29-27-36-25-23-34-21-18-15-13-16-19-32/h2-31H2,1H3. The molecule has 0 aromatic carbocycles. The number of rotatable bonds is 35. The van der Waals surface area contributed by atoms with Crippen LogP contribution in [0.5, 0.6) is 0 Å². The molecule has 0 radical (unpaired) electrons. The van der Waals surface area contributed by atoms with Crippen LogP contribution in [0.2, 0.25) is 0 Å². The predicted molar refractivity (Wildman–Crippen MR) is 168 cm³/mol. The van der Waals surface area contributed by atoms with E-state index in [0.29, 0.717) is 66.1 Å². The molecule has 0 heterocycles. The molecular weight excluding hydrogens is 595 g/mol. The van der Waals surface area contributed by atoms with Crippen molar-refractivity contribution in [1.29, 1.82) is 0 Å². The van der Waals surface area contributed by atoms with Crippen LogP contribution in [0.3, 0.4) is 0 Å². The Balaban J connectivity index is 3.01. The van der Waals surface area contributed by atoms with Crippen molar-refractivity contribution >= 4 is 22.6 Å². The molecule has 0 spiro atoms. The predicted octanol–water partition coefficient (Wildman–Crippen LogP) is 8.17. The Morgan fingerprint density at radius 3 is 0.816 bits per heavy atom. The van der Waals surface area contributed by atoms with Gasteiger partial charge >= 0.3 is 0 Å². The SMILES string of the molecule is CCCCCCCCCCCCCCCOCCOCCOCCOCCOCCOCCCCCCI. The Morgan fingerprint density at radius 1 is 0.289 bits per heavy atom. The van der Waals surface area contributed by atoms with Gasteiger partial charge in [0.15, 0.2) is 0 Å². The average molecular weight is 659 g/mol. The lowest BCUT2D eigenvalue weighted by Gasteiger charge is -2.08. The monoisotopic (exact) mass is 658 g/mol. The van der Waals surface area contributed by atoms with E-state index >= 15 is 0 Å². The maximum absolute atomic E-state index is 5.66. The highest BCUT2D eigenvalue weighted by atomic mass is 127. The number of ether oxygens (including phenoxy) is 6. The minimum Gasteiger partial charge on any atom is -0.379 e. The molecule has 0 atom stereocenters. The van der Waals surface area contributed by atoms with Crippen LogP contribution in [-0.4, -0.2) is 83.7 Å². The van der Waals surface area contributed by atoms with Gasteiger partial charge in [0.05, 0.1) is 66.1 Å². The Labute approximate surface area is 250 Å². The zero-order chi connectivity index (χ0) is 27.5. The quantitative estimate of drug-likeness (QED) is 0.0389. The summed E-state index contributed by atoms with van der Waals surface area (Å²) in [6.45, 7) is 10.1. The lowest BCUT2D eigenvalue weighted by atomic mass is 10.0. The Kier molecular flexibility index (Phi) is 38.0. The lowest BCUT2D eigenvalue weighted by molar-refractivity contribution is -0.0169. The van der Waals surface area contributed by atoms with Gasteiger partial charge in [-0.2, -0.15) is 0 Å². The first-order valence-electron chi connectivity index (χ1n) is 15.9. The first kappa shape index (κ1) is 38.5. The molecule has 0 saturated heterocycles. The third kappa shape index (κ3) is 36.5. The number of alkyl halides is 1. The van der Waals surface area contributed by atoms with Crippen LogP contribution >= 0.6 is 22.6 Å². The fraction of sp³-hybridized carbons (Fsp3) is 1.00. The summed E-state index contributed by atoms with van der Waals surface area (Å²) in [7, 11) is 0. The molecule has 0 aliphatic carbocycles. The highest BCUT2D eigenvalue weighted by Crippen LogP contribution is 2.12. The van der Waals surface area contributed by atoms with Crippen molar-refractivity contribution in [2.24, 2.45) is 0 Å². The van der Waals surface area contributed by atoms with Gasteiger partial charge in [0.25, 0.3) is 0 Å². The summed E-state index contributed by atoms with van der Waals surface area (Å²) in [5.41, 5.74) is 0. The molecule has 0 aliphatic rings. The average Bonchev–Trinajstić information content (AvgIpc) is 2.93. The normalized spacial score (nSPS) is 11.5. The van der Waals surface area contributed by atoms with E-state index in [1.165, 1.54) is 107 Å². The van der Waals surface area contributed by atoms with Gasteiger partial charge < -0.3 is 28.4 Å². The van der Waals surface area contributed by atoms with Crippen LogP contribution in [0.25, 0.3) is 0 Å². The van der Waals surface area contributed by atoms with Gasteiger partial charge in [0, 0.05) is 13.2 Å². The van der Waals surface area contributed by atoms with Gasteiger partial charge in [-0.25, -0.2) is 0 Å². The molecule has 6 nitrogen and oxygen atoms in total. The van der Waals surface area contributed by atoms with E-state index in [1.54, 1.807) is 0 Å². The summed E-state index contributed by atoms with van der Waals surface area (Å²) in [5.74, 6) is 0. The maximum Gasteiger partial charge on any atom is 0.0701 e. The highest BCUT2D eigenvalue weighted by Gasteiger charge is 1.96. The van der Waals surface area contributed by atoms with E-state index in [4.69, 9.17) is 28.4 Å². The minimum absolute atomic E-state index is 0.583. The Morgan fingerprint density at radius 2 is 0.526 bits per heavy atom. The van der Waals surface area contributed by atoms with Crippen molar-refractivity contribution in [3.63, 3.8) is 0 Å². The van der Waals surface area contributed by atoms with Gasteiger partial charge in [0.2, 0.25) is 0 Å². The molecule has 0 aromatic rings. The number of hydrogen-bond donors (Lipinski definition) is 0. The van der Waals surface area contributed by atoms with E-state index in [1.807, 2.05) is 0 Å². The number of hydrogen-bond acceptors (Lipinski definition) is 6. The second-order valence-electron chi connectivity index (χ2n) is 10.0. The third-order valence-corrected chi connectivity index (χ3v) is 7.19. The molecule has 0 unspecified atom stereocenters. The zero-order valence-electron chi connectivity index (χ0n) is 25.0. The van der Waals surface area contributed by atoms with Crippen LogP contribution in [-0.2, 0) is 28.4 Å². The molecule has 0 N–H and O–H groups in total. The van der Waals surface area contributed by atoms with Crippen LogP contribution in [0.15, 0.2) is 0 Å². The van der Waals surface area contributed by atoms with Crippen molar-refractivity contribution in [2.45, 2.75) is 116 Å². The summed E-state index contributed by atoms with van der Waals surface area (Å²) in [5, 5.41) is 0. The largest absolute Gasteiger partial charge is 0.379 e. The van der Waals surface area contributed by atoms with E-state index in [2.05, 4.69) is 29.5 Å². The molecule has 0 saturated carbocycles. The van der Waals surface area contributed by atoms with E-state index in [0.717, 1.165) is 19.6 Å². The fourth-order valence-corrected chi connectivity index (χ4v) is 4.62. The lowest BCUT2D eigenvalue weighted by Crippen LogP contribution is -2.14. The summed E-state index contributed by atoms with van der Waals surface area (Å²) >= 11 is 2.43. The smallest absolute Gasteiger partial charge is 0.0701 e. The Hall–Kier alpha value is 0.490. The summed E-state index contributed by atoms with van der Waals surface area (Å²) in [4.78, 5) is 0. The molecule has 0 amide bonds. The van der Waals surface area contributed by atoms with Crippen LogP contribution < -0.4 is 0 Å².